The van der Waals surface area contributed by atoms with Gasteiger partial charge in [-0.05, 0) is 109 Å². The van der Waals surface area contributed by atoms with Gasteiger partial charge in [-0.25, -0.2) is 0 Å². The number of thiophene rings is 1. The first kappa shape index (κ1) is 34.8. The van der Waals surface area contributed by atoms with Gasteiger partial charge < -0.3 is 4.90 Å². The summed E-state index contributed by atoms with van der Waals surface area (Å²) in [5.41, 5.74) is 22.1. The fraction of sp³-hybridized carbons (Fsp3) is 0.158. The van der Waals surface area contributed by atoms with Gasteiger partial charge in [0.1, 0.15) is 0 Å². The van der Waals surface area contributed by atoms with Crippen molar-refractivity contribution < 1.29 is 0 Å². The summed E-state index contributed by atoms with van der Waals surface area (Å²) in [5.74, 6) is 0. The zero-order chi connectivity index (χ0) is 40.0. The number of hydrogen-bond donors (Lipinski definition) is 0. The zero-order valence-electron chi connectivity index (χ0n) is 34.4. The SMILES string of the molecule is CC1(C)c2ccccc2-c2ccc(N(c3ccc4c(c3)C(C)(C)c3ccccc3-4)c3c4c(cc5sc6cc(-c7ccccc7)ccc6c35)C(C)(C)c3ccccc3-4)cc21. The quantitative estimate of drug-likeness (QED) is 0.172. The third-order valence-electron chi connectivity index (χ3n) is 14.3. The summed E-state index contributed by atoms with van der Waals surface area (Å²) in [7, 11) is 0. The van der Waals surface area contributed by atoms with Gasteiger partial charge in [0.05, 0.1) is 5.69 Å². The Balaban J connectivity index is 1.20. The van der Waals surface area contributed by atoms with Crippen molar-refractivity contribution in [3.8, 4) is 44.5 Å². The molecule has 1 aromatic heterocycles. The minimum Gasteiger partial charge on any atom is -0.309 e. The van der Waals surface area contributed by atoms with E-state index in [0.717, 1.165) is 0 Å². The second-order valence-electron chi connectivity index (χ2n) is 18.5. The lowest BCUT2D eigenvalue weighted by Gasteiger charge is -2.32. The first-order valence-electron chi connectivity index (χ1n) is 21.0. The molecule has 9 aromatic rings. The maximum atomic E-state index is 2.65. The van der Waals surface area contributed by atoms with Crippen LogP contribution in [0.4, 0.5) is 17.1 Å². The minimum atomic E-state index is -0.172. The Kier molecular flexibility index (Phi) is 7.04. The van der Waals surface area contributed by atoms with Gasteiger partial charge in [-0.2, -0.15) is 0 Å². The lowest BCUT2D eigenvalue weighted by molar-refractivity contribution is 0.660. The summed E-state index contributed by atoms with van der Waals surface area (Å²) in [4.78, 5) is 2.65. The van der Waals surface area contributed by atoms with E-state index in [2.05, 4.69) is 210 Å². The Labute approximate surface area is 351 Å². The Morgan fingerprint density at radius 3 is 1.46 bits per heavy atom. The lowest BCUT2D eigenvalue weighted by Crippen LogP contribution is -2.19. The fourth-order valence-corrected chi connectivity index (χ4v) is 12.4. The highest BCUT2D eigenvalue weighted by atomic mass is 32.1. The molecule has 1 heterocycles. The molecule has 0 amide bonds. The van der Waals surface area contributed by atoms with E-state index >= 15 is 0 Å². The van der Waals surface area contributed by atoms with Crippen LogP contribution in [0.2, 0.25) is 0 Å². The Morgan fingerprint density at radius 1 is 0.373 bits per heavy atom. The van der Waals surface area contributed by atoms with Gasteiger partial charge in [-0.3, -0.25) is 0 Å². The van der Waals surface area contributed by atoms with Crippen molar-refractivity contribution >= 4 is 48.6 Å². The second-order valence-corrected chi connectivity index (χ2v) is 19.6. The van der Waals surface area contributed by atoms with Gasteiger partial charge in [0.2, 0.25) is 0 Å². The smallest absolute Gasteiger partial charge is 0.0636 e. The molecule has 0 saturated heterocycles. The molecule has 59 heavy (non-hydrogen) atoms. The molecule has 284 valence electrons. The highest BCUT2D eigenvalue weighted by molar-refractivity contribution is 7.26. The van der Waals surface area contributed by atoms with E-state index in [1.807, 2.05) is 11.3 Å². The van der Waals surface area contributed by atoms with Crippen molar-refractivity contribution in [2.45, 2.75) is 57.8 Å². The zero-order valence-corrected chi connectivity index (χ0v) is 35.3. The van der Waals surface area contributed by atoms with Crippen LogP contribution in [0.3, 0.4) is 0 Å². The molecule has 0 bridgehead atoms. The maximum absolute atomic E-state index is 2.65. The van der Waals surface area contributed by atoms with Crippen molar-refractivity contribution in [1.29, 1.82) is 0 Å². The molecule has 12 rings (SSSR count). The van der Waals surface area contributed by atoms with Crippen LogP contribution in [0.5, 0.6) is 0 Å². The summed E-state index contributed by atoms with van der Waals surface area (Å²) >= 11 is 1.93. The molecule has 0 fully saturated rings. The summed E-state index contributed by atoms with van der Waals surface area (Å²) in [6.07, 6.45) is 0. The van der Waals surface area contributed by atoms with Crippen molar-refractivity contribution in [3.05, 3.63) is 197 Å². The molecule has 0 atom stereocenters. The predicted molar refractivity (Wildman–Crippen MR) is 252 cm³/mol. The van der Waals surface area contributed by atoms with E-state index in [4.69, 9.17) is 0 Å². The molecule has 1 nitrogen and oxygen atoms in total. The number of benzene rings is 8. The topological polar surface area (TPSA) is 3.24 Å². The number of hydrogen-bond acceptors (Lipinski definition) is 2. The van der Waals surface area contributed by atoms with Gasteiger partial charge >= 0.3 is 0 Å². The fourth-order valence-electron chi connectivity index (χ4n) is 11.2. The van der Waals surface area contributed by atoms with Crippen molar-refractivity contribution in [2.24, 2.45) is 0 Å². The van der Waals surface area contributed by atoms with E-state index < -0.39 is 0 Å². The molecule has 0 N–H and O–H groups in total. The molecule has 0 radical (unpaired) electrons. The second kappa shape index (κ2) is 11.9. The Morgan fingerprint density at radius 2 is 0.864 bits per heavy atom. The van der Waals surface area contributed by atoms with Gasteiger partial charge in [-0.1, -0.05) is 169 Å². The van der Waals surface area contributed by atoms with E-state index in [-0.39, 0.29) is 16.2 Å². The van der Waals surface area contributed by atoms with Crippen LogP contribution in [0.1, 0.15) is 74.9 Å². The molecule has 0 spiro atoms. The summed E-state index contributed by atoms with van der Waals surface area (Å²) in [6.45, 7) is 14.4. The largest absolute Gasteiger partial charge is 0.309 e. The Bertz CT molecular complexity index is 3140. The predicted octanol–water partition coefficient (Wildman–Crippen LogP) is 16.1. The lowest BCUT2D eigenvalue weighted by atomic mass is 9.81. The first-order valence-corrected chi connectivity index (χ1v) is 21.8. The third-order valence-corrected chi connectivity index (χ3v) is 15.4. The van der Waals surface area contributed by atoms with Crippen LogP contribution in [0.25, 0.3) is 64.7 Å². The van der Waals surface area contributed by atoms with E-state index in [0.29, 0.717) is 0 Å². The molecular weight excluding hydrogens is 731 g/mol. The molecule has 0 saturated carbocycles. The molecule has 2 heteroatoms. The molecule has 3 aliphatic carbocycles. The molecule has 8 aromatic carbocycles. The summed E-state index contributed by atoms with van der Waals surface area (Å²) in [5, 5.41) is 2.62. The van der Waals surface area contributed by atoms with Crippen molar-refractivity contribution in [2.75, 3.05) is 4.90 Å². The minimum absolute atomic E-state index is 0.138. The standard InChI is InChI=1S/C57H45NS/c1-55(2)44-21-13-10-18-38(44)40-28-25-36(31-47(40)55)58(37-26-29-41-39-19-11-14-22-45(39)56(3,4)48(41)32-37)54-52-42-20-12-15-23-46(42)57(5,6)49(52)33-51-53(54)43-27-24-35(30-50(43)59-51)34-16-8-7-9-17-34/h7-33H,1-6H3. The highest BCUT2D eigenvalue weighted by Crippen LogP contribution is 2.60. The number of anilines is 3. The van der Waals surface area contributed by atoms with E-state index in [9.17, 15) is 0 Å². The number of fused-ring (bicyclic) bond motifs is 12. The maximum Gasteiger partial charge on any atom is 0.0636 e. The van der Waals surface area contributed by atoms with Crippen LogP contribution in [-0.4, -0.2) is 0 Å². The van der Waals surface area contributed by atoms with Crippen LogP contribution < -0.4 is 4.90 Å². The first-order chi connectivity index (χ1) is 28.5. The average Bonchev–Trinajstić information content (AvgIpc) is 3.89. The normalized spacial score (nSPS) is 15.7. The molecule has 0 aliphatic heterocycles. The number of rotatable bonds is 4. The third kappa shape index (κ3) is 4.67. The summed E-state index contributed by atoms with van der Waals surface area (Å²) < 4.78 is 2.64. The van der Waals surface area contributed by atoms with Crippen LogP contribution in [0.15, 0.2) is 164 Å². The average molecular weight is 776 g/mol. The van der Waals surface area contributed by atoms with Crippen LogP contribution >= 0.6 is 11.3 Å². The van der Waals surface area contributed by atoms with Gasteiger partial charge in [0, 0.05) is 53.4 Å². The van der Waals surface area contributed by atoms with Gasteiger partial charge in [0.25, 0.3) is 0 Å². The monoisotopic (exact) mass is 775 g/mol. The van der Waals surface area contributed by atoms with E-state index in [1.54, 1.807) is 0 Å². The number of nitrogens with zero attached hydrogens (tertiary/aromatic N) is 1. The van der Waals surface area contributed by atoms with Crippen LogP contribution in [-0.2, 0) is 16.2 Å². The summed E-state index contributed by atoms with van der Waals surface area (Å²) in [6, 6.07) is 62.2. The van der Waals surface area contributed by atoms with Crippen molar-refractivity contribution in [1.82, 2.24) is 0 Å². The van der Waals surface area contributed by atoms with Crippen molar-refractivity contribution in [3.63, 3.8) is 0 Å². The highest BCUT2D eigenvalue weighted by Gasteiger charge is 2.42. The molecule has 0 unspecified atom stereocenters. The van der Waals surface area contributed by atoms with E-state index in [1.165, 1.54) is 115 Å². The Hall–Kier alpha value is -6.22. The van der Waals surface area contributed by atoms with Gasteiger partial charge in [0.15, 0.2) is 0 Å². The van der Waals surface area contributed by atoms with Gasteiger partial charge in [-0.15, -0.1) is 11.3 Å². The molecular formula is C57H45NS. The van der Waals surface area contributed by atoms with Crippen LogP contribution in [0, 0.1) is 0 Å². The molecule has 3 aliphatic rings.